The van der Waals surface area contributed by atoms with E-state index in [2.05, 4.69) is 25.4 Å². The summed E-state index contributed by atoms with van der Waals surface area (Å²) in [6, 6.07) is 5.02. The van der Waals surface area contributed by atoms with Crippen molar-refractivity contribution >= 4 is 11.6 Å². The molecule has 0 aliphatic heterocycles. The van der Waals surface area contributed by atoms with Crippen molar-refractivity contribution in [2.75, 3.05) is 12.4 Å². The second kappa shape index (κ2) is 6.00. The number of nitrogens with one attached hydrogen (secondary N) is 1. The fraction of sp³-hybridized carbons (Fsp3) is 0.0714. The Labute approximate surface area is 125 Å². The van der Waals surface area contributed by atoms with E-state index in [0.717, 1.165) is 0 Å². The summed E-state index contributed by atoms with van der Waals surface area (Å²) >= 11 is 0. The van der Waals surface area contributed by atoms with Crippen molar-refractivity contribution in [3.63, 3.8) is 0 Å². The lowest BCUT2D eigenvalue weighted by molar-refractivity contribution is 0.102. The van der Waals surface area contributed by atoms with Crippen LogP contribution < -0.4 is 10.1 Å². The third-order valence-corrected chi connectivity index (χ3v) is 2.81. The minimum atomic E-state index is -0.300. The average Bonchev–Trinajstić information content (AvgIpc) is 3.10. The van der Waals surface area contributed by atoms with Gasteiger partial charge < -0.3 is 10.1 Å². The molecule has 0 unspecified atom stereocenters. The zero-order chi connectivity index (χ0) is 15.4. The van der Waals surface area contributed by atoms with Crippen LogP contribution in [0.1, 0.15) is 10.4 Å². The lowest BCUT2D eigenvalue weighted by Gasteiger charge is -2.05. The summed E-state index contributed by atoms with van der Waals surface area (Å²) in [6.07, 6.45) is 7.83. The van der Waals surface area contributed by atoms with E-state index in [4.69, 9.17) is 4.74 Å². The van der Waals surface area contributed by atoms with Gasteiger partial charge >= 0.3 is 0 Å². The molecule has 3 rings (SSSR count). The number of hydrogen-bond acceptors (Lipinski definition) is 6. The lowest BCUT2D eigenvalue weighted by atomic mass is 10.2. The molecule has 0 radical (unpaired) electrons. The van der Waals surface area contributed by atoms with E-state index in [1.54, 1.807) is 30.6 Å². The van der Waals surface area contributed by atoms with E-state index >= 15 is 0 Å². The van der Waals surface area contributed by atoms with Crippen molar-refractivity contribution in [2.24, 2.45) is 0 Å². The third kappa shape index (κ3) is 2.90. The number of rotatable bonds is 4. The Bertz CT molecular complexity index is 753. The molecule has 3 aromatic rings. The smallest absolute Gasteiger partial charge is 0.257 e. The number of ether oxygens (including phenoxy) is 1. The molecule has 8 heteroatoms. The van der Waals surface area contributed by atoms with Gasteiger partial charge in [-0.2, -0.15) is 5.10 Å². The second-order valence-electron chi connectivity index (χ2n) is 4.27. The molecule has 0 bridgehead atoms. The van der Waals surface area contributed by atoms with E-state index in [-0.39, 0.29) is 5.91 Å². The van der Waals surface area contributed by atoms with E-state index < -0.39 is 0 Å². The number of hydrogen-bond donors (Lipinski definition) is 1. The van der Waals surface area contributed by atoms with E-state index in [9.17, 15) is 4.79 Å². The van der Waals surface area contributed by atoms with E-state index in [1.165, 1.54) is 30.4 Å². The standard InChI is InChI=1S/C14H12N6O2/c1-22-12-4-3-10(7-15-12)13(21)19-11-8-16-14(17-9-11)20-6-2-5-18-20/h2-9H,1H3,(H,19,21). The Hall–Kier alpha value is -3.29. The van der Waals surface area contributed by atoms with Gasteiger partial charge in [-0.3, -0.25) is 4.79 Å². The Balaban J connectivity index is 1.71. The van der Waals surface area contributed by atoms with Gasteiger partial charge in [0.15, 0.2) is 0 Å². The summed E-state index contributed by atoms with van der Waals surface area (Å²) in [6.45, 7) is 0. The van der Waals surface area contributed by atoms with Crippen molar-refractivity contribution in [1.82, 2.24) is 24.7 Å². The molecule has 3 heterocycles. The van der Waals surface area contributed by atoms with Crippen molar-refractivity contribution in [3.05, 3.63) is 54.7 Å². The Kier molecular flexibility index (Phi) is 3.73. The predicted molar refractivity (Wildman–Crippen MR) is 77.9 cm³/mol. The van der Waals surface area contributed by atoms with Crippen LogP contribution in [0.4, 0.5) is 5.69 Å². The SMILES string of the molecule is COc1ccc(C(=O)Nc2cnc(-n3cccn3)nc2)cn1. The molecule has 3 aromatic heterocycles. The maximum absolute atomic E-state index is 12.1. The molecule has 0 spiro atoms. The van der Waals surface area contributed by atoms with Crippen LogP contribution in [0.5, 0.6) is 5.88 Å². The van der Waals surface area contributed by atoms with Crippen LogP contribution in [0.2, 0.25) is 0 Å². The summed E-state index contributed by atoms with van der Waals surface area (Å²) in [7, 11) is 1.51. The van der Waals surface area contributed by atoms with Crippen molar-refractivity contribution in [3.8, 4) is 11.8 Å². The highest BCUT2D eigenvalue weighted by Crippen LogP contribution is 2.10. The Morgan fingerprint density at radius 2 is 2.00 bits per heavy atom. The van der Waals surface area contributed by atoms with Crippen molar-refractivity contribution in [1.29, 1.82) is 0 Å². The van der Waals surface area contributed by atoms with Crippen molar-refractivity contribution in [2.45, 2.75) is 0 Å². The highest BCUT2D eigenvalue weighted by atomic mass is 16.5. The molecule has 0 saturated heterocycles. The van der Waals surface area contributed by atoms with Crippen LogP contribution in [0.15, 0.2) is 49.2 Å². The molecular weight excluding hydrogens is 284 g/mol. The quantitative estimate of drug-likeness (QED) is 0.780. The minimum Gasteiger partial charge on any atom is -0.481 e. The molecule has 22 heavy (non-hydrogen) atoms. The first kappa shape index (κ1) is 13.7. The number of pyridine rings is 1. The summed E-state index contributed by atoms with van der Waals surface area (Å²) in [4.78, 5) is 24.3. The largest absolute Gasteiger partial charge is 0.481 e. The fourth-order valence-electron chi connectivity index (χ4n) is 1.73. The first-order valence-electron chi connectivity index (χ1n) is 6.40. The number of carbonyl (C=O) groups excluding carboxylic acids is 1. The zero-order valence-electron chi connectivity index (χ0n) is 11.7. The van der Waals surface area contributed by atoms with Gasteiger partial charge in [0.05, 0.1) is 30.8 Å². The highest BCUT2D eigenvalue weighted by Gasteiger charge is 2.08. The number of nitrogens with zero attached hydrogens (tertiary/aromatic N) is 5. The monoisotopic (exact) mass is 296 g/mol. The van der Waals surface area contributed by atoms with Crippen LogP contribution in [0, 0.1) is 0 Å². The summed E-state index contributed by atoms with van der Waals surface area (Å²) in [5.41, 5.74) is 0.897. The fourth-order valence-corrected chi connectivity index (χ4v) is 1.73. The summed E-state index contributed by atoms with van der Waals surface area (Å²) in [5.74, 6) is 0.572. The number of amides is 1. The van der Waals surface area contributed by atoms with E-state index in [1.807, 2.05) is 0 Å². The third-order valence-electron chi connectivity index (χ3n) is 2.81. The summed E-state index contributed by atoms with van der Waals surface area (Å²) in [5, 5.41) is 6.72. The number of anilines is 1. The Morgan fingerprint density at radius 3 is 2.59 bits per heavy atom. The molecule has 0 saturated carbocycles. The molecule has 0 aliphatic carbocycles. The van der Waals surface area contributed by atoms with Crippen molar-refractivity contribution < 1.29 is 9.53 Å². The predicted octanol–water partition coefficient (Wildman–Crippen LogP) is 1.32. The maximum atomic E-state index is 12.1. The molecule has 8 nitrogen and oxygen atoms in total. The normalized spacial score (nSPS) is 10.2. The topological polar surface area (TPSA) is 94.8 Å². The molecule has 0 atom stereocenters. The first-order chi connectivity index (χ1) is 10.8. The molecule has 110 valence electrons. The highest BCUT2D eigenvalue weighted by molar-refractivity contribution is 6.03. The van der Waals surface area contributed by atoms with Gasteiger partial charge in [0, 0.05) is 24.7 Å². The van der Waals surface area contributed by atoms with Crippen LogP contribution in [0.3, 0.4) is 0 Å². The number of methoxy groups -OCH3 is 1. The first-order valence-corrected chi connectivity index (χ1v) is 6.40. The number of carbonyl (C=O) groups is 1. The maximum Gasteiger partial charge on any atom is 0.257 e. The van der Waals surface area contributed by atoms with Crippen LogP contribution in [-0.2, 0) is 0 Å². The van der Waals surface area contributed by atoms with Gasteiger partial charge in [-0.05, 0) is 12.1 Å². The molecule has 0 aliphatic rings. The molecule has 1 amide bonds. The summed E-state index contributed by atoms with van der Waals surface area (Å²) < 4.78 is 6.47. The van der Waals surface area contributed by atoms with Crippen LogP contribution >= 0.6 is 0 Å². The molecule has 0 aromatic carbocycles. The molecular formula is C14H12N6O2. The van der Waals surface area contributed by atoms with Gasteiger partial charge in [-0.25, -0.2) is 19.6 Å². The average molecular weight is 296 g/mol. The van der Waals surface area contributed by atoms with Gasteiger partial charge in [0.25, 0.3) is 11.9 Å². The van der Waals surface area contributed by atoms with Gasteiger partial charge in [0.2, 0.25) is 5.88 Å². The minimum absolute atomic E-state index is 0.300. The lowest BCUT2D eigenvalue weighted by Crippen LogP contribution is -2.13. The second-order valence-corrected chi connectivity index (χ2v) is 4.27. The van der Waals surface area contributed by atoms with Gasteiger partial charge in [0.1, 0.15) is 0 Å². The van der Waals surface area contributed by atoms with Crippen LogP contribution in [0.25, 0.3) is 5.95 Å². The number of aromatic nitrogens is 5. The van der Waals surface area contributed by atoms with Gasteiger partial charge in [-0.15, -0.1) is 0 Å². The van der Waals surface area contributed by atoms with Crippen LogP contribution in [-0.4, -0.2) is 37.7 Å². The zero-order valence-corrected chi connectivity index (χ0v) is 11.7. The molecule has 1 N–H and O–H groups in total. The molecule has 0 fully saturated rings. The van der Waals surface area contributed by atoms with Gasteiger partial charge in [-0.1, -0.05) is 0 Å². The van der Waals surface area contributed by atoms with E-state index in [0.29, 0.717) is 23.1 Å². The Morgan fingerprint density at radius 1 is 1.18 bits per heavy atom.